The quantitative estimate of drug-likeness (QED) is 0.548. The van der Waals surface area contributed by atoms with Gasteiger partial charge in [0, 0.05) is 33.4 Å². The van der Waals surface area contributed by atoms with E-state index in [9.17, 15) is 4.79 Å². The van der Waals surface area contributed by atoms with Gasteiger partial charge in [0.2, 0.25) is 0 Å². The van der Waals surface area contributed by atoms with Crippen molar-refractivity contribution in [2.75, 3.05) is 5.73 Å². The lowest BCUT2D eigenvalue weighted by Gasteiger charge is -2.06. The minimum atomic E-state index is -0.207. The van der Waals surface area contributed by atoms with Crippen LogP contribution in [0.15, 0.2) is 42.6 Å². The number of aromatic nitrogens is 1. The van der Waals surface area contributed by atoms with Gasteiger partial charge in [-0.15, -0.1) is 0 Å². The lowest BCUT2D eigenvalue weighted by molar-refractivity contribution is 0.104. The Labute approximate surface area is 125 Å². The fraction of sp³-hybridized carbons (Fsp3) is 0. The summed E-state index contributed by atoms with van der Waals surface area (Å²) in [7, 11) is 0. The Bertz CT molecular complexity index is 804. The molecule has 3 nitrogen and oxygen atoms in total. The molecule has 3 N–H and O–H groups in total. The molecule has 0 atom stereocenters. The average molecular weight is 305 g/mol. The van der Waals surface area contributed by atoms with Gasteiger partial charge in [-0.25, -0.2) is 0 Å². The zero-order chi connectivity index (χ0) is 14.3. The summed E-state index contributed by atoms with van der Waals surface area (Å²) in [5, 5.41) is 1.74. The van der Waals surface area contributed by atoms with E-state index in [0.29, 0.717) is 26.9 Å². The first-order valence-corrected chi connectivity index (χ1v) is 6.69. The van der Waals surface area contributed by atoms with Gasteiger partial charge in [0.25, 0.3) is 0 Å². The van der Waals surface area contributed by atoms with Crippen molar-refractivity contribution in [2.24, 2.45) is 0 Å². The molecule has 0 aliphatic heterocycles. The predicted octanol–water partition coefficient (Wildman–Crippen LogP) is 4.29. The molecule has 5 heteroatoms. The van der Waals surface area contributed by atoms with Gasteiger partial charge in [-0.2, -0.15) is 0 Å². The number of fused-ring (bicyclic) bond motifs is 1. The summed E-state index contributed by atoms with van der Waals surface area (Å²) in [6, 6.07) is 10.3. The molecule has 20 heavy (non-hydrogen) atoms. The molecular weight excluding hydrogens is 295 g/mol. The normalized spacial score (nSPS) is 10.9. The number of carbonyl (C=O) groups is 1. The average Bonchev–Trinajstić information content (AvgIpc) is 2.81. The SMILES string of the molecule is Nc1cccc(Cl)c1C(=O)c1c[nH]c2cc(Cl)ccc12. The van der Waals surface area contributed by atoms with Crippen LogP contribution in [0.1, 0.15) is 15.9 Å². The highest BCUT2D eigenvalue weighted by molar-refractivity contribution is 6.36. The number of ketones is 1. The van der Waals surface area contributed by atoms with Gasteiger partial charge in [0.15, 0.2) is 5.78 Å². The van der Waals surface area contributed by atoms with Crippen LogP contribution in [-0.2, 0) is 0 Å². The lowest BCUT2D eigenvalue weighted by Crippen LogP contribution is -2.05. The minimum Gasteiger partial charge on any atom is -0.398 e. The Morgan fingerprint density at radius 1 is 1.15 bits per heavy atom. The van der Waals surface area contributed by atoms with Crippen molar-refractivity contribution in [1.29, 1.82) is 0 Å². The van der Waals surface area contributed by atoms with Crippen molar-refractivity contribution in [3.63, 3.8) is 0 Å². The lowest BCUT2D eigenvalue weighted by atomic mass is 10.0. The molecular formula is C15H10Cl2N2O. The van der Waals surface area contributed by atoms with Crippen LogP contribution in [0.2, 0.25) is 10.0 Å². The highest BCUT2D eigenvalue weighted by atomic mass is 35.5. The third kappa shape index (κ3) is 2.05. The molecule has 0 saturated carbocycles. The summed E-state index contributed by atoms with van der Waals surface area (Å²) in [4.78, 5) is 15.7. The second kappa shape index (κ2) is 4.85. The number of hydrogen-bond donors (Lipinski definition) is 2. The number of hydrogen-bond acceptors (Lipinski definition) is 2. The van der Waals surface area contributed by atoms with Crippen molar-refractivity contribution in [3.8, 4) is 0 Å². The van der Waals surface area contributed by atoms with Crippen molar-refractivity contribution in [3.05, 3.63) is 63.8 Å². The number of nitrogen functional groups attached to an aromatic ring is 1. The largest absolute Gasteiger partial charge is 0.398 e. The first-order chi connectivity index (χ1) is 9.58. The van der Waals surface area contributed by atoms with E-state index in [0.717, 1.165) is 10.9 Å². The molecule has 1 heterocycles. The number of nitrogens with one attached hydrogen (secondary N) is 1. The number of benzene rings is 2. The van der Waals surface area contributed by atoms with E-state index < -0.39 is 0 Å². The van der Waals surface area contributed by atoms with Crippen LogP contribution in [0.3, 0.4) is 0 Å². The van der Waals surface area contributed by atoms with E-state index in [1.165, 1.54) is 0 Å². The van der Waals surface area contributed by atoms with Crippen LogP contribution in [-0.4, -0.2) is 10.8 Å². The molecule has 0 radical (unpaired) electrons. The number of aromatic amines is 1. The maximum absolute atomic E-state index is 12.6. The highest BCUT2D eigenvalue weighted by Crippen LogP contribution is 2.29. The molecule has 1 aromatic heterocycles. The standard InChI is InChI=1S/C15H10Cl2N2O/c16-8-4-5-9-10(7-19-13(9)6-8)15(20)14-11(17)2-1-3-12(14)18/h1-7,19H,18H2. The van der Waals surface area contributed by atoms with Crippen LogP contribution >= 0.6 is 23.2 Å². The fourth-order valence-corrected chi connectivity index (χ4v) is 2.64. The summed E-state index contributed by atoms with van der Waals surface area (Å²) in [5.41, 5.74) is 7.87. The number of rotatable bonds is 2. The highest BCUT2D eigenvalue weighted by Gasteiger charge is 2.19. The van der Waals surface area contributed by atoms with E-state index in [2.05, 4.69) is 4.98 Å². The third-order valence-electron chi connectivity index (χ3n) is 3.16. The second-order valence-corrected chi connectivity index (χ2v) is 5.27. The monoisotopic (exact) mass is 304 g/mol. The van der Waals surface area contributed by atoms with E-state index in [4.69, 9.17) is 28.9 Å². The molecule has 0 spiro atoms. The van der Waals surface area contributed by atoms with E-state index >= 15 is 0 Å². The molecule has 0 unspecified atom stereocenters. The first kappa shape index (κ1) is 13.0. The molecule has 3 rings (SSSR count). The molecule has 2 aromatic carbocycles. The zero-order valence-corrected chi connectivity index (χ0v) is 11.8. The van der Waals surface area contributed by atoms with E-state index in [1.54, 1.807) is 42.6 Å². The Morgan fingerprint density at radius 2 is 1.95 bits per heavy atom. The van der Waals surface area contributed by atoms with Crippen LogP contribution in [0, 0.1) is 0 Å². The maximum Gasteiger partial charge on any atom is 0.198 e. The number of anilines is 1. The molecule has 0 saturated heterocycles. The van der Waals surface area contributed by atoms with Crippen LogP contribution < -0.4 is 5.73 Å². The van der Waals surface area contributed by atoms with Crippen LogP contribution in [0.25, 0.3) is 10.9 Å². The smallest absolute Gasteiger partial charge is 0.198 e. The number of nitrogens with two attached hydrogens (primary N) is 1. The Kier molecular flexibility index (Phi) is 3.16. The third-order valence-corrected chi connectivity index (χ3v) is 3.71. The van der Waals surface area contributed by atoms with Crippen LogP contribution in [0.4, 0.5) is 5.69 Å². The van der Waals surface area contributed by atoms with Gasteiger partial charge < -0.3 is 10.7 Å². The van der Waals surface area contributed by atoms with Crippen molar-refractivity contribution >= 4 is 45.6 Å². The molecule has 0 fully saturated rings. The molecule has 0 aliphatic rings. The predicted molar refractivity (Wildman–Crippen MR) is 82.6 cm³/mol. The summed E-state index contributed by atoms with van der Waals surface area (Å²) in [6.07, 6.45) is 1.64. The Hall–Kier alpha value is -1.97. The minimum absolute atomic E-state index is 0.207. The number of halogens is 2. The second-order valence-electron chi connectivity index (χ2n) is 4.43. The van der Waals surface area contributed by atoms with Crippen molar-refractivity contribution < 1.29 is 4.79 Å². The summed E-state index contributed by atoms with van der Waals surface area (Å²) >= 11 is 12.0. The van der Waals surface area contributed by atoms with Gasteiger partial charge in [-0.05, 0) is 24.3 Å². The summed E-state index contributed by atoms with van der Waals surface area (Å²) in [6.45, 7) is 0. The van der Waals surface area contributed by atoms with Crippen molar-refractivity contribution in [1.82, 2.24) is 4.98 Å². The molecule has 100 valence electrons. The van der Waals surface area contributed by atoms with Crippen molar-refractivity contribution in [2.45, 2.75) is 0 Å². The molecule has 0 aliphatic carbocycles. The first-order valence-electron chi connectivity index (χ1n) is 5.93. The van der Waals surface area contributed by atoms with Gasteiger partial charge in [-0.1, -0.05) is 35.3 Å². The Balaban J connectivity index is 2.18. The molecule has 3 aromatic rings. The number of H-pyrrole nitrogens is 1. The van der Waals surface area contributed by atoms with Crippen LogP contribution in [0.5, 0.6) is 0 Å². The summed E-state index contributed by atoms with van der Waals surface area (Å²) < 4.78 is 0. The van der Waals surface area contributed by atoms with Gasteiger partial charge >= 0.3 is 0 Å². The fourth-order valence-electron chi connectivity index (χ4n) is 2.20. The molecule has 0 bridgehead atoms. The maximum atomic E-state index is 12.6. The summed E-state index contributed by atoms with van der Waals surface area (Å²) in [5.74, 6) is -0.207. The molecule has 0 amide bonds. The zero-order valence-electron chi connectivity index (χ0n) is 10.3. The Morgan fingerprint density at radius 3 is 2.70 bits per heavy atom. The topological polar surface area (TPSA) is 58.9 Å². The van der Waals surface area contributed by atoms with E-state index in [-0.39, 0.29) is 5.78 Å². The van der Waals surface area contributed by atoms with Gasteiger partial charge in [0.1, 0.15) is 0 Å². The van der Waals surface area contributed by atoms with Gasteiger partial charge in [0.05, 0.1) is 10.6 Å². The van der Waals surface area contributed by atoms with E-state index in [1.807, 2.05) is 0 Å². The number of carbonyl (C=O) groups excluding carboxylic acids is 1. The van der Waals surface area contributed by atoms with Gasteiger partial charge in [-0.3, -0.25) is 4.79 Å².